The van der Waals surface area contributed by atoms with E-state index in [-0.39, 0.29) is 22.4 Å². The van der Waals surface area contributed by atoms with Crippen molar-refractivity contribution in [2.75, 3.05) is 11.9 Å². The summed E-state index contributed by atoms with van der Waals surface area (Å²) in [4.78, 5) is 5.77. The monoisotopic (exact) mass is 455 g/mol. The van der Waals surface area contributed by atoms with Crippen molar-refractivity contribution in [2.24, 2.45) is 0 Å². The summed E-state index contributed by atoms with van der Waals surface area (Å²) < 4.78 is 42.5. The molecule has 0 unspecified atom stereocenters. The van der Waals surface area contributed by atoms with Crippen LogP contribution < -0.4 is 10.5 Å². The van der Waals surface area contributed by atoms with E-state index < -0.39 is 12.2 Å². The van der Waals surface area contributed by atoms with Crippen LogP contribution in [0.15, 0.2) is 60.7 Å². The second-order valence-corrected chi connectivity index (χ2v) is 7.48. The fraction of sp³-hybridized carbons (Fsp3) is 0.0870. The zero-order valence-electron chi connectivity index (χ0n) is 16.8. The molecule has 0 aliphatic rings. The first kappa shape index (κ1) is 21.6. The smallest absolute Gasteiger partial charge is 0.263 e. The third-order valence-electron chi connectivity index (χ3n) is 5.16. The molecular formula is C23H17ClF3N5. The van der Waals surface area contributed by atoms with Crippen molar-refractivity contribution in [3.05, 3.63) is 82.7 Å². The second-order valence-electron chi connectivity index (χ2n) is 7.04. The number of benzene rings is 3. The third kappa shape index (κ3) is 3.73. The molecular weight excluding hydrogens is 439 g/mol. The molecule has 3 aromatic carbocycles. The molecule has 162 valence electrons. The minimum atomic E-state index is -2.60. The van der Waals surface area contributed by atoms with Crippen LogP contribution in [0.25, 0.3) is 22.0 Å². The van der Waals surface area contributed by atoms with Gasteiger partial charge in [0, 0.05) is 28.6 Å². The lowest BCUT2D eigenvalue weighted by molar-refractivity contribution is 0.151. The Morgan fingerprint density at radius 3 is 2.47 bits per heavy atom. The highest BCUT2D eigenvalue weighted by Gasteiger charge is 2.19. The van der Waals surface area contributed by atoms with Crippen LogP contribution in [0.2, 0.25) is 5.02 Å². The summed E-state index contributed by atoms with van der Waals surface area (Å²) >= 11 is 6.10. The number of alkyl halides is 2. The topological polar surface area (TPSA) is 68.8 Å². The Balaban J connectivity index is 1.85. The van der Waals surface area contributed by atoms with Crippen LogP contribution >= 0.6 is 11.6 Å². The number of halogens is 4. The summed E-state index contributed by atoms with van der Waals surface area (Å²) in [6, 6.07) is 15.2. The largest absolute Gasteiger partial charge is 0.326 e. The molecule has 0 spiro atoms. The standard InChI is InChI=1S/C23H17ClF3N5/c1-31(22-17-10-9-15(24)11-19(17)32(12-28)23(29)30-22)18-4-2-3-16(20(18)25)13-5-7-14(8-6-13)21(26)27/h2-12,21,28-29H,1H3. The average Bonchev–Trinajstić information content (AvgIpc) is 2.78. The van der Waals surface area contributed by atoms with Crippen molar-refractivity contribution in [1.29, 1.82) is 10.8 Å². The van der Waals surface area contributed by atoms with Gasteiger partial charge in [0.15, 0.2) is 5.82 Å². The first-order valence-corrected chi connectivity index (χ1v) is 9.87. The lowest BCUT2D eigenvalue weighted by Gasteiger charge is -2.22. The summed E-state index contributed by atoms with van der Waals surface area (Å²) in [7, 11) is 1.62. The van der Waals surface area contributed by atoms with Crippen LogP contribution in [-0.4, -0.2) is 22.9 Å². The summed E-state index contributed by atoms with van der Waals surface area (Å²) in [6.07, 6.45) is -1.64. The van der Waals surface area contributed by atoms with Crippen LogP contribution in [0.4, 0.5) is 24.7 Å². The Kier molecular flexibility index (Phi) is 5.71. The van der Waals surface area contributed by atoms with E-state index in [2.05, 4.69) is 4.98 Å². The van der Waals surface area contributed by atoms with E-state index in [4.69, 9.17) is 22.4 Å². The van der Waals surface area contributed by atoms with E-state index >= 15 is 4.39 Å². The molecule has 0 aliphatic heterocycles. The second kappa shape index (κ2) is 8.47. The Morgan fingerprint density at radius 2 is 1.81 bits per heavy atom. The highest BCUT2D eigenvalue weighted by Crippen LogP contribution is 2.35. The zero-order chi connectivity index (χ0) is 23.0. The van der Waals surface area contributed by atoms with Crippen LogP contribution in [0.5, 0.6) is 0 Å². The van der Waals surface area contributed by atoms with E-state index in [1.807, 2.05) is 0 Å². The van der Waals surface area contributed by atoms with Crippen molar-refractivity contribution < 1.29 is 13.2 Å². The molecule has 0 radical (unpaired) electrons. The molecule has 0 fully saturated rings. The van der Waals surface area contributed by atoms with E-state index in [1.165, 1.54) is 33.7 Å². The van der Waals surface area contributed by atoms with Crippen LogP contribution in [0, 0.1) is 16.6 Å². The quantitative estimate of drug-likeness (QED) is 0.280. The van der Waals surface area contributed by atoms with Gasteiger partial charge in [-0.25, -0.2) is 13.2 Å². The lowest BCUT2D eigenvalue weighted by atomic mass is 10.0. The number of aromatic nitrogens is 2. The minimum Gasteiger partial charge on any atom is -0.326 e. The molecule has 1 heterocycles. The molecule has 0 saturated heterocycles. The number of rotatable bonds is 5. The van der Waals surface area contributed by atoms with E-state index in [0.717, 1.165) is 6.34 Å². The van der Waals surface area contributed by atoms with E-state index in [0.29, 0.717) is 27.3 Å². The van der Waals surface area contributed by atoms with Gasteiger partial charge in [0.2, 0.25) is 5.62 Å². The van der Waals surface area contributed by atoms with Gasteiger partial charge in [-0.15, -0.1) is 0 Å². The first-order valence-electron chi connectivity index (χ1n) is 9.49. The maximum Gasteiger partial charge on any atom is 0.263 e. The van der Waals surface area contributed by atoms with Crippen molar-refractivity contribution in [2.45, 2.75) is 6.43 Å². The summed E-state index contributed by atoms with van der Waals surface area (Å²) in [5, 5.41) is 16.8. The minimum absolute atomic E-state index is 0.136. The van der Waals surface area contributed by atoms with Gasteiger partial charge < -0.3 is 4.90 Å². The van der Waals surface area contributed by atoms with Gasteiger partial charge in [0.1, 0.15) is 5.82 Å². The molecule has 9 heteroatoms. The summed E-state index contributed by atoms with van der Waals surface area (Å²) in [6.45, 7) is 0. The molecule has 5 nitrogen and oxygen atoms in total. The van der Waals surface area contributed by atoms with Gasteiger partial charge in [0.25, 0.3) is 6.43 Å². The Hall–Kier alpha value is -3.65. The molecule has 2 N–H and O–H groups in total. The van der Waals surface area contributed by atoms with Gasteiger partial charge in [-0.05, 0) is 29.8 Å². The molecule has 0 bridgehead atoms. The molecule has 1 aromatic heterocycles. The van der Waals surface area contributed by atoms with E-state index in [9.17, 15) is 8.78 Å². The number of nitrogens with zero attached hydrogens (tertiary/aromatic N) is 3. The molecule has 4 aromatic rings. The van der Waals surface area contributed by atoms with Gasteiger partial charge in [0.05, 0.1) is 17.5 Å². The molecule has 0 aliphatic carbocycles. The van der Waals surface area contributed by atoms with Crippen molar-refractivity contribution in [3.8, 4) is 11.1 Å². The Morgan fingerprint density at radius 1 is 1.09 bits per heavy atom. The van der Waals surface area contributed by atoms with Crippen LogP contribution in [0.1, 0.15) is 12.0 Å². The number of anilines is 2. The number of hydrogen-bond donors (Lipinski definition) is 2. The first-order chi connectivity index (χ1) is 15.3. The summed E-state index contributed by atoms with van der Waals surface area (Å²) in [5.74, 6) is -0.247. The fourth-order valence-corrected chi connectivity index (χ4v) is 3.70. The van der Waals surface area contributed by atoms with Crippen LogP contribution in [0.3, 0.4) is 0 Å². The average molecular weight is 456 g/mol. The van der Waals surface area contributed by atoms with Gasteiger partial charge >= 0.3 is 0 Å². The predicted molar refractivity (Wildman–Crippen MR) is 120 cm³/mol. The maximum absolute atomic E-state index is 15.5. The molecule has 0 saturated carbocycles. The molecule has 0 amide bonds. The van der Waals surface area contributed by atoms with Gasteiger partial charge in [-0.2, -0.15) is 4.98 Å². The molecule has 0 atom stereocenters. The van der Waals surface area contributed by atoms with Gasteiger partial charge in [-0.1, -0.05) is 48.0 Å². The van der Waals surface area contributed by atoms with Crippen molar-refractivity contribution in [1.82, 2.24) is 9.55 Å². The third-order valence-corrected chi connectivity index (χ3v) is 5.40. The number of nitrogens with one attached hydrogen (secondary N) is 2. The number of hydrogen-bond acceptors (Lipinski definition) is 4. The SMILES string of the molecule is CN(c1cccc(-c2ccc(C(F)F)cc2)c1F)c1nc(=N)n(C=N)c2cc(Cl)ccc12. The summed E-state index contributed by atoms with van der Waals surface area (Å²) in [5.41, 5.74) is 1.03. The molecule has 4 rings (SSSR count). The van der Waals surface area contributed by atoms with Crippen LogP contribution in [-0.2, 0) is 0 Å². The predicted octanol–water partition coefficient (Wildman–Crippen LogP) is 6.14. The fourth-order valence-electron chi connectivity index (χ4n) is 3.53. The number of fused-ring (bicyclic) bond motifs is 1. The lowest BCUT2D eigenvalue weighted by Crippen LogP contribution is -2.26. The highest BCUT2D eigenvalue weighted by molar-refractivity contribution is 6.31. The highest BCUT2D eigenvalue weighted by atomic mass is 35.5. The Bertz CT molecular complexity index is 1380. The normalized spacial score (nSPS) is 11.2. The zero-order valence-corrected chi connectivity index (χ0v) is 17.5. The van der Waals surface area contributed by atoms with Crippen molar-refractivity contribution >= 4 is 40.3 Å². The Labute approximate surface area is 186 Å². The maximum atomic E-state index is 15.5. The van der Waals surface area contributed by atoms with E-state index in [1.54, 1.807) is 43.4 Å². The van der Waals surface area contributed by atoms with Crippen molar-refractivity contribution in [3.63, 3.8) is 0 Å². The van der Waals surface area contributed by atoms with Gasteiger partial charge in [-0.3, -0.25) is 15.4 Å². The molecule has 32 heavy (non-hydrogen) atoms.